The van der Waals surface area contributed by atoms with Crippen LogP contribution < -0.4 is 15.4 Å². The maximum absolute atomic E-state index is 11.9. The third-order valence-corrected chi connectivity index (χ3v) is 6.11. The Labute approximate surface area is 220 Å². The molecule has 194 valence electrons. The van der Waals surface area contributed by atoms with Crippen molar-refractivity contribution in [2.75, 3.05) is 32.8 Å². The molecule has 0 aliphatic carbocycles. The number of alkyl carbamates (subject to hydrolysis) is 1. The maximum atomic E-state index is 11.9. The zero-order valence-electron chi connectivity index (χ0n) is 21.3. The summed E-state index contributed by atoms with van der Waals surface area (Å²) in [6, 6.07) is 25.9. The Morgan fingerprint density at radius 1 is 0.895 bits per heavy atom. The van der Waals surface area contributed by atoms with Crippen molar-refractivity contribution in [2.45, 2.75) is 13.1 Å². The number of rotatable bonds is 10. The second kappa shape index (κ2) is 11.6. The number of para-hydroxylation sites is 2. The highest BCUT2D eigenvalue weighted by Gasteiger charge is 2.18. The first-order valence-electron chi connectivity index (χ1n) is 12.3. The van der Waals surface area contributed by atoms with Crippen LogP contribution in [0.3, 0.4) is 0 Å². The number of aromatic nitrogens is 3. The van der Waals surface area contributed by atoms with Crippen LogP contribution in [0.4, 0.5) is 10.6 Å². The maximum Gasteiger partial charge on any atom is 0.407 e. The van der Waals surface area contributed by atoms with Gasteiger partial charge in [0, 0.05) is 30.1 Å². The van der Waals surface area contributed by atoms with E-state index < -0.39 is 6.09 Å². The minimum atomic E-state index is -0.514. The van der Waals surface area contributed by atoms with Gasteiger partial charge in [0.2, 0.25) is 5.95 Å². The third-order valence-electron chi connectivity index (χ3n) is 6.11. The fraction of sp³-hybridized carbons (Fsp3) is 0.207. The SMILES string of the molecule is COCCOc1cccc2c(NCc3ccccc3)nc(-n3c(CNC(=O)OC)cc4ccccc43)nc12. The van der Waals surface area contributed by atoms with Gasteiger partial charge in [-0.3, -0.25) is 4.57 Å². The first-order chi connectivity index (χ1) is 18.7. The minimum absolute atomic E-state index is 0.238. The Kier molecular flexibility index (Phi) is 7.65. The zero-order chi connectivity index (χ0) is 26.3. The average Bonchev–Trinajstić information content (AvgIpc) is 3.33. The lowest BCUT2D eigenvalue weighted by atomic mass is 10.2. The molecule has 9 heteroatoms. The van der Waals surface area contributed by atoms with Crippen LogP contribution in [0.15, 0.2) is 78.9 Å². The molecule has 3 aromatic carbocycles. The molecule has 0 aliphatic rings. The Balaban J connectivity index is 1.65. The van der Waals surface area contributed by atoms with E-state index in [9.17, 15) is 4.79 Å². The van der Waals surface area contributed by atoms with Crippen molar-refractivity contribution in [3.8, 4) is 11.7 Å². The number of methoxy groups -OCH3 is 2. The van der Waals surface area contributed by atoms with Gasteiger partial charge in [-0.25, -0.2) is 9.78 Å². The number of carbonyl (C=O) groups is 1. The zero-order valence-corrected chi connectivity index (χ0v) is 21.3. The summed E-state index contributed by atoms with van der Waals surface area (Å²) in [5, 5.41) is 8.10. The quantitative estimate of drug-likeness (QED) is 0.253. The van der Waals surface area contributed by atoms with Crippen molar-refractivity contribution >= 4 is 33.7 Å². The van der Waals surface area contributed by atoms with E-state index in [1.165, 1.54) is 7.11 Å². The number of benzene rings is 3. The number of amides is 1. The molecule has 0 radical (unpaired) electrons. The van der Waals surface area contributed by atoms with Crippen molar-refractivity contribution in [1.82, 2.24) is 19.9 Å². The normalized spacial score (nSPS) is 11.0. The van der Waals surface area contributed by atoms with E-state index in [0.29, 0.717) is 42.8 Å². The molecule has 0 saturated carbocycles. The Bertz CT molecular complexity index is 1550. The van der Waals surface area contributed by atoms with Crippen LogP contribution >= 0.6 is 0 Å². The van der Waals surface area contributed by atoms with Crippen LogP contribution in [0, 0.1) is 0 Å². The summed E-state index contributed by atoms with van der Waals surface area (Å²) in [6.45, 7) is 1.67. The van der Waals surface area contributed by atoms with Crippen molar-refractivity contribution in [2.24, 2.45) is 0 Å². The molecule has 1 amide bonds. The number of ether oxygens (including phenoxy) is 3. The summed E-state index contributed by atoms with van der Waals surface area (Å²) >= 11 is 0. The summed E-state index contributed by atoms with van der Waals surface area (Å²) in [5.41, 5.74) is 3.53. The predicted molar refractivity (Wildman–Crippen MR) is 147 cm³/mol. The van der Waals surface area contributed by atoms with E-state index in [4.69, 9.17) is 24.2 Å². The van der Waals surface area contributed by atoms with Crippen LogP contribution in [-0.2, 0) is 22.6 Å². The number of fused-ring (bicyclic) bond motifs is 2. The van der Waals surface area contributed by atoms with Gasteiger partial charge in [0.1, 0.15) is 23.7 Å². The van der Waals surface area contributed by atoms with Crippen LogP contribution in [0.2, 0.25) is 0 Å². The summed E-state index contributed by atoms with van der Waals surface area (Å²) in [6.07, 6.45) is -0.514. The number of nitrogens with one attached hydrogen (secondary N) is 2. The van der Waals surface area contributed by atoms with Gasteiger partial charge in [0.15, 0.2) is 0 Å². The van der Waals surface area contributed by atoms with E-state index in [1.807, 2.05) is 71.3 Å². The third kappa shape index (κ3) is 5.37. The van der Waals surface area contributed by atoms with Gasteiger partial charge in [0.05, 0.1) is 25.8 Å². The highest BCUT2D eigenvalue weighted by molar-refractivity contribution is 5.94. The Hall–Kier alpha value is -4.63. The minimum Gasteiger partial charge on any atom is -0.489 e. The molecule has 0 atom stereocenters. The molecule has 2 aromatic heterocycles. The number of carbonyl (C=O) groups excluding carboxylic acids is 1. The summed E-state index contributed by atoms with van der Waals surface area (Å²) in [7, 11) is 2.98. The lowest BCUT2D eigenvalue weighted by Gasteiger charge is -2.16. The van der Waals surface area contributed by atoms with Gasteiger partial charge in [-0.15, -0.1) is 0 Å². The molecule has 0 bridgehead atoms. The first kappa shape index (κ1) is 25.0. The van der Waals surface area contributed by atoms with Gasteiger partial charge < -0.3 is 24.8 Å². The van der Waals surface area contributed by atoms with E-state index in [2.05, 4.69) is 22.8 Å². The number of nitrogens with zero attached hydrogens (tertiary/aromatic N) is 3. The molecule has 5 aromatic rings. The molecule has 0 unspecified atom stereocenters. The monoisotopic (exact) mass is 511 g/mol. The molecule has 9 nitrogen and oxygen atoms in total. The van der Waals surface area contributed by atoms with Gasteiger partial charge in [0.25, 0.3) is 0 Å². The van der Waals surface area contributed by atoms with Gasteiger partial charge in [-0.05, 0) is 29.8 Å². The molecular weight excluding hydrogens is 482 g/mol. The molecule has 5 rings (SSSR count). The lowest BCUT2D eigenvalue weighted by molar-refractivity contribution is 0.147. The van der Waals surface area contributed by atoms with Gasteiger partial charge in [-0.1, -0.05) is 54.6 Å². The van der Waals surface area contributed by atoms with Crippen LogP contribution in [-0.4, -0.2) is 48.1 Å². The van der Waals surface area contributed by atoms with Gasteiger partial charge in [-0.2, -0.15) is 4.98 Å². The molecule has 2 heterocycles. The number of hydrogen-bond donors (Lipinski definition) is 2. The Morgan fingerprint density at radius 3 is 2.53 bits per heavy atom. The topological polar surface area (TPSA) is 99.5 Å². The van der Waals surface area contributed by atoms with E-state index in [1.54, 1.807) is 7.11 Å². The summed E-state index contributed by atoms with van der Waals surface area (Å²) in [4.78, 5) is 21.8. The molecule has 38 heavy (non-hydrogen) atoms. The van der Waals surface area contributed by atoms with Crippen molar-refractivity contribution < 1.29 is 19.0 Å². The standard InChI is InChI=1S/C29H29N5O4/c1-36-15-16-38-25-14-8-12-23-26(25)32-28(33-27(23)30-18-20-9-4-3-5-10-20)34-22(19-31-29(35)37-2)17-21-11-6-7-13-24(21)34/h3-14,17H,15-16,18-19H2,1-2H3,(H,31,35)(H,30,32,33). The lowest BCUT2D eigenvalue weighted by Crippen LogP contribution is -2.24. The summed E-state index contributed by atoms with van der Waals surface area (Å²) in [5.74, 6) is 1.77. The second-order valence-electron chi connectivity index (χ2n) is 8.58. The molecule has 0 spiro atoms. The molecule has 0 saturated heterocycles. The predicted octanol–water partition coefficient (Wildman–Crippen LogP) is 5.07. The number of hydrogen-bond acceptors (Lipinski definition) is 7. The molecular formula is C29H29N5O4. The second-order valence-corrected chi connectivity index (χ2v) is 8.58. The fourth-order valence-corrected chi connectivity index (χ4v) is 4.29. The molecule has 0 fully saturated rings. The summed E-state index contributed by atoms with van der Waals surface area (Å²) < 4.78 is 17.9. The molecule has 2 N–H and O–H groups in total. The van der Waals surface area contributed by atoms with E-state index in [-0.39, 0.29) is 6.54 Å². The van der Waals surface area contributed by atoms with E-state index in [0.717, 1.165) is 27.5 Å². The van der Waals surface area contributed by atoms with Crippen molar-refractivity contribution in [3.63, 3.8) is 0 Å². The highest BCUT2D eigenvalue weighted by atomic mass is 16.5. The van der Waals surface area contributed by atoms with Crippen molar-refractivity contribution in [3.05, 3.63) is 90.1 Å². The first-order valence-corrected chi connectivity index (χ1v) is 12.3. The van der Waals surface area contributed by atoms with Crippen LogP contribution in [0.1, 0.15) is 11.3 Å². The van der Waals surface area contributed by atoms with Crippen molar-refractivity contribution in [1.29, 1.82) is 0 Å². The smallest absolute Gasteiger partial charge is 0.407 e. The average molecular weight is 512 g/mol. The van der Waals surface area contributed by atoms with E-state index >= 15 is 0 Å². The largest absolute Gasteiger partial charge is 0.489 e. The number of anilines is 1. The van der Waals surface area contributed by atoms with Crippen LogP contribution in [0.5, 0.6) is 5.75 Å². The Morgan fingerprint density at radius 2 is 1.71 bits per heavy atom. The fourth-order valence-electron chi connectivity index (χ4n) is 4.29. The van der Waals surface area contributed by atoms with Gasteiger partial charge >= 0.3 is 6.09 Å². The van der Waals surface area contributed by atoms with Crippen LogP contribution in [0.25, 0.3) is 27.8 Å². The highest BCUT2D eigenvalue weighted by Crippen LogP contribution is 2.31. The molecule has 0 aliphatic heterocycles.